The van der Waals surface area contributed by atoms with Crippen LogP contribution in [0.4, 0.5) is 0 Å². The van der Waals surface area contributed by atoms with E-state index >= 15 is 0 Å². The highest BCUT2D eigenvalue weighted by atomic mass is 35.5. The second kappa shape index (κ2) is 6.18. The molecule has 2 aromatic heterocycles. The Kier molecular flexibility index (Phi) is 4.29. The lowest BCUT2D eigenvalue weighted by atomic mass is 10.1. The van der Waals surface area contributed by atoms with Gasteiger partial charge in [-0.3, -0.25) is 0 Å². The lowest BCUT2D eigenvalue weighted by Crippen LogP contribution is -2.22. The maximum absolute atomic E-state index is 6.04. The van der Waals surface area contributed by atoms with Gasteiger partial charge in [0.05, 0.1) is 16.7 Å². The number of rotatable bonds is 5. The minimum atomic E-state index is 0.127. The lowest BCUT2D eigenvalue weighted by Gasteiger charge is -2.13. The van der Waals surface area contributed by atoms with E-state index in [0.29, 0.717) is 0 Å². The average molecular weight is 321 g/mol. The predicted octanol–water partition coefficient (Wildman–Crippen LogP) is 4.74. The molecule has 0 bridgehead atoms. The number of halogens is 1. The fraction of sp³-hybridized carbons (Fsp3) is 0.312. The Bertz CT molecular complexity index is 750. The Balaban J connectivity index is 1.90. The Labute approximate surface area is 133 Å². The first kappa shape index (κ1) is 14.6. The van der Waals surface area contributed by atoms with Gasteiger partial charge in [-0.25, -0.2) is 4.98 Å². The molecule has 1 atom stereocenters. The van der Waals surface area contributed by atoms with Crippen LogP contribution in [0.2, 0.25) is 5.02 Å². The highest BCUT2D eigenvalue weighted by Crippen LogP contribution is 2.28. The number of nitrogens with one attached hydrogen (secondary N) is 1. The van der Waals surface area contributed by atoms with Crippen LogP contribution >= 0.6 is 22.9 Å². The molecule has 3 nitrogen and oxygen atoms in total. The molecule has 3 rings (SSSR count). The van der Waals surface area contributed by atoms with E-state index in [1.807, 2.05) is 25.1 Å². The molecule has 0 aliphatic rings. The monoisotopic (exact) mass is 320 g/mol. The molecule has 0 aliphatic heterocycles. The van der Waals surface area contributed by atoms with E-state index in [0.717, 1.165) is 45.4 Å². The first-order valence-corrected chi connectivity index (χ1v) is 8.25. The zero-order valence-corrected chi connectivity index (χ0v) is 13.6. The van der Waals surface area contributed by atoms with E-state index in [2.05, 4.69) is 28.7 Å². The summed E-state index contributed by atoms with van der Waals surface area (Å²) in [6.45, 7) is 5.00. The van der Waals surface area contributed by atoms with Gasteiger partial charge in [0.1, 0.15) is 11.3 Å². The van der Waals surface area contributed by atoms with Gasteiger partial charge in [0.15, 0.2) is 0 Å². The molecule has 2 heterocycles. The molecule has 3 aromatic rings. The van der Waals surface area contributed by atoms with Crippen molar-refractivity contribution in [2.24, 2.45) is 0 Å². The van der Waals surface area contributed by atoms with Crippen LogP contribution in [0.15, 0.2) is 34.1 Å². The van der Waals surface area contributed by atoms with Crippen molar-refractivity contribution in [3.63, 3.8) is 0 Å². The van der Waals surface area contributed by atoms with Gasteiger partial charge >= 0.3 is 0 Å². The summed E-state index contributed by atoms with van der Waals surface area (Å²) in [6.07, 6.45) is 0.825. The molecule has 5 heteroatoms. The van der Waals surface area contributed by atoms with E-state index in [4.69, 9.17) is 16.0 Å². The Hall–Kier alpha value is -1.36. The van der Waals surface area contributed by atoms with Gasteiger partial charge in [-0.2, -0.15) is 0 Å². The van der Waals surface area contributed by atoms with Crippen LogP contribution < -0.4 is 5.32 Å². The molecular weight excluding hydrogens is 304 g/mol. The number of hydrogen-bond donors (Lipinski definition) is 1. The van der Waals surface area contributed by atoms with Crippen molar-refractivity contribution >= 4 is 33.9 Å². The minimum absolute atomic E-state index is 0.127. The summed E-state index contributed by atoms with van der Waals surface area (Å²) in [5.41, 5.74) is 1.97. The molecule has 0 saturated heterocycles. The lowest BCUT2D eigenvalue weighted by molar-refractivity contribution is 0.433. The Morgan fingerprint density at radius 1 is 1.38 bits per heavy atom. The molecule has 1 aromatic carbocycles. The van der Waals surface area contributed by atoms with Crippen molar-refractivity contribution in [2.45, 2.75) is 26.3 Å². The van der Waals surface area contributed by atoms with Crippen LogP contribution in [0.5, 0.6) is 0 Å². The molecule has 0 fully saturated rings. The Morgan fingerprint density at radius 2 is 2.24 bits per heavy atom. The number of likely N-dealkylation sites (N-methyl/N-ethyl adjacent to an activating group) is 1. The molecule has 1 N–H and O–H groups in total. The molecule has 1 unspecified atom stereocenters. The maximum Gasteiger partial charge on any atom is 0.134 e. The van der Waals surface area contributed by atoms with Crippen molar-refractivity contribution < 1.29 is 4.42 Å². The van der Waals surface area contributed by atoms with E-state index in [1.165, 1.54) is 0 Å². The second-order valence-electron chi connectivity index (χ2n) is 5.00. The summed E-state index contributed by atoms with van der Waals surface area (Å²) in [5.74, 6) is 0.930. The summed E-state index contributed by atoms with van der Waals surface area (Å²) in [5, 5.41) is 8.44. The SMILES string of the molecule is CCNC(Cc1csc(C)n1)c1cc2cc(Cl)ccc2o1. The van der Waals surface area contributed by atoms with Gasteiger partial charge in [-0.05, 0) is 37.7 Å². The van der Waals surface area contributed by atoms with Crippen molar-refractivity contribution in [2.75, 3.05) is 6.54 Å². The zero-order chi connectivity index (χ0) is 14.8. The van der Waals surface area contributed by atoms with Crippen LogP contribution in [0.1, 0.15) is 29.4 Å². The smallest absolute Gasteiger partial charge is 0.134 e. The third kappa shape index (κ3) is 3.28. The summed E-state index contributed by atoms with van der Waals surface area (Å²) in [4.78, 5) is 4.54. The number of benzene rings is 1. The predicted molar refractivity (Wildman–Crippen MR) is 88.2 cm³/mol. The fourth-order valence-electron chi connectivity index (χ4n) is 2.44. The van der Waals surface area contributed by atoms with Gasteiger partial charge in [-0.1, -0.05) is 18.5 Å². The standard InChI is InChI=1S/C16H17ClN2OS/c1-3-18-14(8-13-9-21-10(2)19-13)16-7-11-6-12(17)4-5-15(11)20-16/h4-7,9,14,18H,3,8H2,1-2H3. The van der Waals surface area contributed by atoms with Crippen LogP contribution in [-0.4, -0.2) is 11.5 Å². The van der Waals surface area contributed by atoms with Crippen molar-refractivity contribution in [3.8, 4) is 0 Å². The summed E-state index contributed by atoms with van der Waals surface area (Å²) in [7, 11) is 0. The number of thiazole rings is 1. The average Bonchev–Trinajstić information content (AvgIpc) is 3.04. The van der Waals surface area contributed by atoms with Crippen molar-refractivity contribution in [1.29, 1.82) is 0 Å². The van der Waals surface area contributed by atoms with E-state index < -0.39 is 0 Å². The summed E-state index contributed by atoms with van der Waals surface area (Å²) < 4.78 is 5.97. The van der Waals surface area contributed by atoms with Gasteiger partial charge in [0.2, 0.25) is 0 Å². The number of aromatic nitrogens is 1. The number of fused-ring (bicyclic) bond motifs is 1. The largest absolute Gasteiger partial charge is 0.459 e. The third-order valence-electron chi connectivity index (χ3n) is 3.37. The molecule has 110 valence electrons. The van der Waals surface area contributed by atoms with Crippen LogP contribution in [0.3, 0.4) is 0 Å². The summed E-state index contributed by atoms with van der Waals surface area (Å²) in [6, 6.07) is 7.89. The molecule has 0 spiro atoms. The molecule has 0 saturated carbocycles. The number of furan rings is 1. The van der Waals surface area contributed by atoms with E-state index in [1.54, 1.807) is 11.3 Å². The van der Waals surface area contributed by atoms with Gasteiger partial charge in [0.25, 0.3) is 0 Å². The topological polar surface area (TPSA) is 38.1 Å². The highest BCUT2D eigenvalue weighted by molar-refractivity contribution is 7.09. The van der Waals surface area contributed by atoms with Crippen LogP contribution in [0, 0.1) is 6.92 Å². The number of aryl methyl sites for hydroxylation is 1. The Morgan fingerprint density at radius 3 is 2.95 bits per heavy atom. The first-order chi connectivity index (χ1) is 10.2. The fourth-order valence-corrected chi connectivity index (χ4v) is 3.24. The molecule has 0 aliphatic carbocycles. The zero-order valence-electron chi connectivity index (χ0n) is 12.0. The van der Waals surface area contributed by atoms with Gasteiger partial charge in [0, 0.05) is 22.2 Å². The van der Waals surface area contributed by atoms with Crippen LogP contribution in [0.25, 0.3) is 11.0 Å². The first-order valence-electron chi connectivity index (χ1n) is 6.99. The number of hydrogen-bond acceptors (Lipinski definition) is 4. The normalized spacial score (nSPS) is 12.9. The van der Waals surface area contributed by atoms with E-state index in [-0.39, 0.29) is 6.04 Å². The van der Waals surface area contributed by atoms with Crippen molar-refractivity contribution in [3.05, 3.63) is 51.1 Å². The van der Waals surface area contributed by atoms with Crippen LogP contribution in [-0.2, 0) is 6.42 Å². The second-order valence-corrected chi connectivity index (χ2v) is 6.50. The number of nitrogens with zero attached hydrogens (tertiary/aromatic N) is 1. The third-order valence-corrected chi connectivity index (χ3v) is 4.43. The summed E-state index contributed by atoms with van der Waals surface area (Å²) >= 11 is 7.71. The highest BCUT2D eigenvalue weighted by Gasteiger charge is 2.17. The quantitative estimate of drug-likeness (QED) is 0.737. The van der Waals surface area contributed by atoms with E-state index in [9.17, 15) is 0 Å². The molecule has 0 radical (unpaired) electrons. The minimum Gasteiger partial charge on any atom is -0.459 e. The molecule has 0 amide bonds. The van der Waals surface area contributed by atoms with Gasteiger partial charge < -0.3 is 9.73 Å². The van der Waals surface area contributed by atoms with Gasteiger partial charge in [-0.15, -0.1) is 11.3 Å². The van der Waals surface area contributed by atoms with Crippen molar-refractivity contribution in [1.82, 2.24) is 10.3 Å². The molecular formula is C16H17ClN2OS. The maximum atomic E-state index is 6.04. The molecule has 21 heavy (non-hydrogen) atoms.